The third-order valence-corrected chi connectivity index (χ3v) is 4.99. The van der Waals surface area contributed by atoms with Crippen LogP contribution in [0.15, 0.2) is 0 Å². The van der Waals surface area contributed by atoms with Crippen molar-refractivity contribution < 1.29 is 23.9 Å². The zero-order valence-corrected chi connectivity index (χ0v) is 11.7. The van der Waals surface area contributed by atoms with Gasteiger partial charge in [-0.3, -0.25) is 9.36 Å². The van der Waals surface area contributed by atoms with Crippen LogP contribution in [0.2, 0.25) is 0 Å². The molecule has 102 valence electrons. The summed E-state index contributed by atoms with van der Waals surface area (Å²) in [4.78, 5) is 21.3. The van der Waals surface area contributed by atoms with Crippen LogP contribution in [0.3, 0.4) is 0 Å². The van der Waals surface area contributed by atoms with Crippen molar-refractivity contribution >= 4 is 13.6 Å². The Morgan fingerprint density at radius 2 is 1.65 bits per heavy atom. The highest BCUT2D eigenvalue weighted by Gasteiger charge is 2.53. The molecule has 0 radical (unpaired) electrons. The molecule has 0 saturated carbocycles. The predicted octanol–water partition coefficient (Wildman–Crippen LogP) is 3.02. The molecule has 0 aliphatic rings. The lowest BCUT2D eigenvalue weighted by molar-refractivity contribution is -0.141. The van der Waals surface area contributed by atoms with Crippen LogP contribution >= 0.6 is 7.60 Å². The van der Waals surface area contributed by atoms with E-state index in [1.165, 1.54) is 0 Å². The van der Waals surface area contributed by atoms with E-state index in [1.54, 1.807) is 13.8 Å². The van der Waals surface area contributed by atoms with E-state index in [9.17, 15) is 19.4 Å². The molecule has 0 saturated heterocycles. The molecule has 1 unspecified atom stereocenters. The lowest BCUT2D eigenvalue weighted by Crippen LogP contribution is -2.39. The summed E-state index contributed by atoms with van der Waals surface area (Å²) in [7, 11) is -4.14. The molecular weight excluding hydrogens is 243 g/mol. The molecule has 0 amide bonds. The Kier molecular flexibility index (Phi) is 6.98. The van der Waals surface area contributed by atoms with Gasteiger partial charge in [-0.25, -0.2) is 0 Å². The molecule has 0 fully saturated rings. The summed E-state index contributed by atoms with van der Waals surface area (Å²) in [6.07, 6.45) is 1.97. The van der Waals surface area contributed by atoms with Gasteiger partial charge in [-0.2, -0.15) is 0 Å². The minimum atomic E-state index is -4.14. The first kappa shape index (κ1) is 16.6. The van der Waals surface area contributed by atoms with E-state index in [-0.39, 0.29) is 19.4 Å². The van der Waals surface area contributed by atoms with Crippen molar-refractivity contribution in [2.24, 2.45) is 0 Å². The van der Waals surface area contributed by atoms with Crippen LogP contribution in [0.1, 0.15) is 52.9 Å². The molecule has 0 heterocycles. The standard InChI is InChI=1S/C11H23O5P/c1-4-7-11(8-5-2,10(12)13)17(14,15)16-9-6-3/h4-9H2,1-3H3,(H,12,13)(H,14,15). The van der Waals surface area contributed by atoms with Gasteiger partial charge in [0.1, 0.15) is 0 Å². The molecular formula is C11H23O5P. The van der Waals surface area contributed by atoms with E-state index in [4.69, 9.17) is 4.52 Å². The van der Waals surface area contributed by atoms with Gasteiger partial charge >= 0.3 is 13.6 Å². The highest BCUT2D eigenvalue weighted by atomic mass is 31.2. The zero-order valence-electron chi connectivity index (χ0n) is 10.8. The molecule has 2 N–H and O–H groups in total. The maximum atomic E-state index is 12.2. The van der Waals surface area contributed by atoms with Crippen molar-refractivity contribution in [2.75, 3.05) is 6.61 Å². The maximum absolute atomic E-state index is 12.2. The van der Waals surface area contributed by atoms with Crippen LogP contribution in [0, 0.1) is 0 Å². The van der Waals surface area contributed by atoms with Crippen molar-refractivity contribution in [1.29, 1.82) is 0 Å². The van der Waals surface area contributed by atoms with E-state index < -0.39 is 18.7 Å². The molecule has 1 atom stereocenters. The Bertz CT molecular complexity index is 284. The van der Waals surface area contributed by atoms with Crippen LogP contribution in [0.25, 0.3) is 0 Å². The van der Waals surface area contributed by atoms with Crippen molar-refractivity contribution in [3.63, 3.8) is 0 Å². The number of carboxylic acids is 1. The highest BCUT2D eigenvalue weighted by Crippen LogP contribution is 2.60. The average Bonchev–Trinajstić information content (AvgIpc) is 2.25. The second kappa shape index (κ2) is 7.14. The third-order valence-electron chi connectivity index (χ3n) is 2.74. The SMILES string of the molecule is CCCOP(=O)(O)C(CCC)(CCC)C(=O)O. The summed E-state index contributed by atoms with van der Waals surface area (Å²) in [5.74, 6) is -1.23. The van der Waals surface area contributed by atoms with Crippen LogP contribution < -0.4 is 0 Å². The molecule has 0 rings (SSSR count). The minimum absolute atomic E-state index is 0.107. The van der Waals surface area contributed by atoms with Crippen LogP contribution in [-0.4, -0.2) is 27.7 Å². The Morgan fingerprint density at radius 3 is 1.94 bits per heavy atom. The summed E-state index contributed by atoms with van der Waals surface area (Å²) < 4.78 is 17.1. The molecule has 0 aliphatic carbocycles. The number of rotatable bonds is 9. The molecule has 0 spiro atoms. The van der Waals surface area contributed by atoms with Crippen LogP contribution in [0.5, 0.6) is 0 Å². The normalized spacial score (nSPS) is 15.5. The van der Waals surface area contributed by atoms with Crippen molar-refractivity contribution in [1.82, 2.24) is 0 Å². The Labute approximate surface area is 103 Å². The Morgan fingerprint density at radius 1 is 1.18 bits per heavy atom. The fourth-order valence-electron chi connectivity index (χ4n) is 1.91. The first-order chi connectivity index (χ1) is 7.88. The van der Waals surface area contributed by atoms with Gasteiger partial charge in [0, 0.05) is 0 Å². The predicted molar refractivity (Wildman–Crippen MR) is 66.3 cm³/mol. The highest BCUT2D eigenvalue weighted by molar-refractivity contribution is 7.55. The fourth-order valence-corrected chi connectivity index (χ4v) is 3.84. The summed E-state index contributed by atoms with van der Waals surface area (Å²) >= 11 is 0. The largest absolute Gasteiger partial charge is 0.480 e. The minimum Gasteiger partial charge on any atom is -0.480 e. The number of carbonyl (C=O) groups is 1. The number of aliphatic carboxylic acids is 1. The summed E-state index contributed by atoms with van der Waals surface area (Å²) in [6.45, 7) is 5.51. The quantitative estimate of drug-likeness (QED) is 0.627. The van der Waals surface area contributed by atoms with Gasteiger partial charge in [-0.15, -0.1) is 0 Å². The molecule has 0 bridgehead atoms. The zero-order chi connectivity index (χ0) is 13.5. The molecule has 0 aromatic carbocycles. The topological polar surface area (TPSA) is 83.8 Å². The van der Waals surface area contributed by atoms with Gasteiger partial charge in [-0.05, 0) is 19.3 Å². The summed E-state index contributed by atoms with van der Waals surface area (Å²) in [5, 5.41) is 7.66. The van der Waals surface area contributed by atoms with Crippen molar-refractivity contribution in [3.05, 3.63) is 0 Å². The second-order valence-corrected chi connectivity index (χ2v) is 6.35. The van der Waals surface area contributed by atoms with Gasteiger partial charge in [0.25, 0.3) is 0 Å². The summed E-state index contributed by atoms with van der Waals surface area (Å²) in [5.41, 5.74) is 0. The van der Waals surface area contributed by atoms with E-state index in [1.807, 2.05) is 6.92 Å². The van der Waals surface area contributed by atoms with Gasteiger partial charge in [0.2, 0.25) is 0 Å². The van der Waals surface area contributed by atoms with Crippen molar-refractivity contribution in [3.8, 4) is 0 Å². The number of carboxylic acid groups (broad SMARTS) is 1. The maximum Gasteiger partial charge on any atom is 0.345 e. The molecule has 5 nitrogen and oxygen atoms in total. The van der Waals surface area contributed by atoms with Gasteiger partial charge in [0.05, 0.1) is 6.61 Å². The molecule has 0 aromatic heterocycles. The number of hydrogen-bond donors (Lipinski definition) is 2. The first-order valence-corrected chi connectivity index (χ1v) is 7.66. The van der Waals surface area contributed by atoms with Crippen LogP contribution in [0.4, 0.5) is 0 Å². The van der Waals surface area contributed by atoms with E-state index in [0.717, 1.165) is 0 Å². The van der Waals surface area contributed by atoms with E-state index in [0.29, 0.717) is 19.3 Å². The number of hydrogen-bond acceptors (Lipinski definition) is 3. The smallest absolute Gasteiger partial charge is 0.345 e. The third kappa shape index (κ3) is 3.80. The monoisotopic (exact) mass is 266 g/mol. The molecule has 0 aromatic rings. The van der Waals surface area contributed by atoms with Crippen molar-refractivity contribution in [2.45, 2.75) is 58.0 Å². The van der Waals surface area contributed by atoms with Crippen LogP contribution in [-0.2, 0) is 13.9 Å². The molecule has 0 aliphatic heterocycles. The molecule has 17 heavy (non-hydrogen) atoms. The average molecular weight is 266 g/mol. The molecule has 6 heteroatoms. The lowest BCUT2D eigenvalue weighted by Gasteiger charge is -2.32. The fraction of sp³-hybridized carbons (Fsp3) is 0.909. The van der Waals surface area contributed by atoms with Gasteiger partial charge < -0.3 is 14.5 Å². The van der Waals surface area contributed by atoms with E-state index >= 15 is 0 Å². The van der Waals surface area contributed by atoms with Gasteiger partial charge in [0.15, 0.2) is 5.16 Å². The second-order valence-electron chi connectivity index (χ2n) is 4.19. The van der Waals surface area contributed by atoms with E-state index in [2.05, 4.69) is 0 Å². The Hall–Kier alpha value is -0.380. The van der Waals surface area contributed by atoms with Gasteiger partial charge in [-0.1, -0.05) is 33.6 Å². The first-order valence-electron chi connectivity index (χ1n) is 6.08. The lowest BCUT2D eigenvalue weighted by atomic mass is 9.97. The summed E-state index contributed by atoms with van der Waals surface area (Å²) in [6, 6.07) is 0. The Balaban J connectivity index is 5.24.